The summed E-state index contributed by atoms with van der Waals surface area (Å²) in [4.78, 5) is 28.6. The zero-order chi connectivity index (χ0) is 14.4. The Hall–Kier alpha value is -1.01. The lowest BCUT2D eigenvalue weighted by Crippen LogP contribution is -2.63. The highest BCUT2D eigenvalue weighted by Crippen LogP contribution is 2.40. The van der Waals surface area contributed by atoms with Gasteiger partial charge in [-0.15, -0.1) is 0 Å². The molecule has 0 aliphatic carbocycles. The third kappa shape index (κ3) is 2.17. The van der Waals surface area contributed by atoms with E-state index in [9.17, 15) is 9.59 Å². The number of likely N-dealkylation sites (tertiary alicyclic amines) is 2. The number of carbonyl (C=O) groups is 2. The Balaban J connectivity index is 2.38. The Morgan fingerprint density at radius 1 is 1.26 bits per heavy atom. The van der Waals surface area contributed by atoms with Crippen LogP contribution in [-0.2, 0) is 9.59 Å². The average molecular weight is 283 g/mol. The van der Waals surface area contributed by atoms with Crippen LogP contribution in [0.1, 0.15) is 33.1 Å². The molecule has 2 fully saturated rings. The lowest BCUT2D eigenvalue weighted by molar-refractivity contribution is -0.146. The van der Waals surface area contributed by atoms with Crippen LogP contribution in [0.4, 0.5) is 0 Å². The molecule has 0 bridgehead atoms. The predicted octanol–water partition coefficient (Wildman–Crippen LogP) is 0.522. The van der Waals surface area contributed by atoms with Gasteiger partial charge >= 0.3 is 0 Å². The molecule has 0 spiro atoms. The number of amides is 2. The van der Waals surface area contributed by atoms with Crippen molar-refractivity contribution in [3.63, 3.8) is 0 Å². The van der Waals surface area contributed by atoms with Crippen molar-refractivity contribution in [2.24, 2.45) is 11.1 Å². The molecule has 0 aromatic heterocycles. The van der Waals surface area contributed by atoms with Gasteiger partial charge in [-0.25, -0.2) is 0 Å². The number of nitrogens with zero attached hydrogens (tertiary/aromatic N) is 2. The number of hydrogen-bond acceptors (Lipinski definition) is 4. The summed E-state index contributed by atoms with van der Waals surface area (Å²) in [5.41, 5.74) is 4.51. The van der Waals surface area contributed by atoms with Crippen LogP contribution in [0.2, 0.25) is 0 Å². The monoisotopic (exact) mass is 283 g/mol. The minimum Gasteiger partial charge on any atom is -0.391 e. The molecule has 2 heterocycles. The van der Waals surface area contributed by atoms with Gasteiger partial charge in [0.15, 0.2) is 0 Å². The second-order valence-corrected chi connectivity index (χ2v) is 6.73. The zero-order valence-electron chi connectivity index (χ0n) is 11.7. The highest BCUT2D eigenvalue weighted by Gasteiger charge is 2.55. The van der Waals surface area contributed by atoms with Crippen LogP contribution >= 0.6 is 12.2 Å². The molecule has 6 heteroatoms. The first-order valence-electron chi connectivity index (χ1n) is 6.57. The summed E-state index contributed by atoms with van der Waals surface area (Å²) in [7, 11) is 2.01. The quantitative estimate of drug-likeness (QED) is 0.591. The Morgan fingerprint density at radius 2 is 1.79 bits per heavy atom. The molecule has 106 valence electrons. The standard InChI is InChI=1S/C13H21N3O2S/c1-12(2)8-9(17)16(11(12)18)13(10(14)19)4-6-15(3)7-5-13/h4-8H2,1-3H3,(H2,14,19). The summed E-state index contributed by atoms with van der Waals surface area (Å²) >= 11 is 5.20. The first-order valence-corrected chi connectivity index (χ1v) is 6.97. The van der Waals surface area contributed by atoms with Gasteiger partial charge in [0.1, 0.15) is 5.54 Å². The van der Waals surface area contributed by atoms with Crippen LogP contribution in [-0.4, -0.2) is 52.3 Å². The van der Waals surface area contributed by atoms with Crippen molar-refractivity contribution in [3.05, 3.63) is 0 Å². The molecule has 2 aliphatic rings. The van der Waals surface area contributed by atoms with Crippen molar-refractivity contribution < 1.29 is 9.59 Å². The Morgan fingerprint density at radius 3 is 2.16 bits per heavy atom. The van der Waals surface area contributed by atoms with Gasteiger partial charge in [0.25, 0.3) is 0 Å². The first-order chi connectivity index (χ1) is 8.70. The van der Waals surface area contributed by atoms with E-state index in [0.29, 0.717) is 12.8 Å². The molecule has 2 aliphatic heterocycles. The molecule has 2 N–H and O–H groups in total. The minimum atomic E-state index is -0.760. The van der Waals surface area contributed by atoms with Gasteiger partial charge in [0.2, 0.25) is 11.8 Å². The highest BCUT2D eigenvalue weighted by molar-refractivity contribution is 7.80. The van der Waals surface area contributed by atoms with Crippen LogP contribution < -0.4 is 5.73 Å². The van der Waals surface area contributed by atoms with Crippen molar-refractivity contribution in [1.82, 2.24) is 9.80 Å². The summed E-state index contributed by atoms with van der Waals surface area (Å²) in [5, 5.41) is 0. The van der Waals surface area contributed by atoms with Gasteiger partial charge in [0, 0.05) is 19.5 Å². The Bertz CT molecular complexity index is 439. The van der Waals surface area contributed by atoms with E-state index in [1.165, 1.54) is 4.90 Å². The minimum absolute atomic E-state index is 0.144. The van der Waals surface area contributed by atoms with Crippen LogP contribution in [0.15, 0.2) is 0 Å². The smallest absolute Gasteiger partial charge is 0.236 e. The van der Waals surface area contributed by atoms with Gasteiger partial charge in [-0.2, -0.15) is 0 Å². The molecule has 2 saturated heterocycles. The second-order valence-electron chi connectivity index (χ2n) is 6.29. The first kappa shape index (κ1) is 14.4. The number of nitrogens with two attached hydrogens (primary N) is 1. The van der Waals surface area contributed by atoms with E-state index in [0.717, 1.165) is 13.1 Å². The van der Waals surface area contributed by atoms with E-state index in [1.807, 2.05) is 7.05 Å². The maximum Gasteiger partial charge on any atom is 0.236 e. The van der Waals surface area contributed by atoms with Gasteiger partial charge in [-0.05, 0) is 19.9 Å². The second kappa shape index (κ2) is 4.52. The number of thiocarbonyl (C=S) groups is 1. The summed E-state index contributed by atoms with van der Waals surface area (Å²) in [5.74, 6) is -0.290. The summed E-state index contributed by atoms with van der Waals surface area (Å²) in [6, 6.07) is 0. The van der Waals surface area contributed by atoms with Gasteiger partial charge in [-0.3, -0.25) is 14.5 Å². The van der Waals surface area contributed by atoms with Crippen molar-refractivity contribution in [2.75, 3.05) is 20.1 Å². The molecule has 0 unspecified atom stereocenters. The van der Waals surface area contributed by atoms with Gasteiger partial charge < -0.3 is 10.6 Å². The van der Waals surface area contributed by atoms with Crippen LogP contribution in [0, 0.1) is 5.41 Å². The number of piperidine rings is 1. The number of imide groups is 1. The SMILES string of the molecule is CN1CCC(C(N)=S)(N2C(=O)CC(C)(C)C2=O)CC1. The molecular formula is C13H21N3O2S. The fourth-order valence-electron chi connectivity index (χ4n) is 2.95. The molecule has 5 nitrogen and oxygen atoms in total. The summed E-state index contributed by atoms with van der Waals surface area (Å²) in [6.07, 6.45) is 1.50. The van der Waals surface area contributed by atoms with Crippen LogP contribution in [0.25, 0.3) is 0 Å². The predicted molar refractivity (Wildman–Crippen MR) is 76.5 cm³/mol. The van der Waals surface area contributed by atoms with Crippen molar-refractivity contribution in [1.29, 1.82) is 0 Å². The molecule has 2 rings (SSSR count). The molecule has 0 aromatic carbocycles. The lowest BCUT2D eigenvalue weighted by atomic mass is 9.85. The third-order valence-electron chi connectivity index (χ3n) is 4.33. The van der Waals surface area contributed by atoms with Gasteiger partial charge in [-0.1, -0.05) is 26.1 Å². The topological polar surface area (TPSA) is 66.6 Å². The van der Waals surface area contributed by atoms with Crippen molar-refractivity contribution in [3.8, 4) is 0 Å². The molecule has 0 atom stereocenters. The van der Waals surface area contributed by atoms with Crippen LogP contribution in [0.5, 0.6) is 0 Å². The third-order valence-corrected chi connectivity index (χ3v) is 4.71. The zero-order valence-corrected chi connectivity index (χ0v) is 12.5. The van der Waals surface area contributed by atoms with Gasteiger partial charge in [0.05, 0.1) is 10.4 Å². The van der Waals surface area contributed by atoms with Crippen LogP contribution in [0.3, 0.4) is 0 Å². The number of hydrogen-bond donors (Lipinski definition) is 1. The molecule has 0 aromatic rings. The molecular weight excluding hydrogens is 262 g/mol. The summed E-state index contributed by atoms with van der Waals surface area (Å²) < 4.78 is 0. The van der Waals surface area contributed by atoms with Crippen molar-refractivity contribution in [2.45, 2.75) is 38.6 Å². The summed E-state index contributed by atoms with van der Waals surface area (Å²) in [6.45, 7) is 5.18. The average Bonchev–Trinajstić information content (AvgIpc) is 2.50. The van der Waals surface area contributed by atoms with Crippen molar-refractivity contribution >= 4 is 29.0 Å². The maximum atomic E-state index is 12.5. The fourth-order valence-corrected chi connectivity index (χ4v) is 3.25. The molecule has 0 radical (unpaired) electrons. The fraction of sp³-hybridized carbons (Fsp3) is 0.769. The van der Waals surface area contributed by atoms with E-state index >= 15 is 0 Å². The normalized spacial score (nSPS) is 26.8. The van der Waals surface area contributed by atoms with E-state index < -0.39 is 11.0 Å². The highest BCUT2D eigenvalue weighted by atomic mass is 32.1. The van der Waals surface area contributed by atoms with E-state index in [4.69, 9.17) is 18.0 Å². The molecule has 19 heavy (non-hydrogen) atoms. The van der Waals surface area contributed by atoms with E-state index in [2.05, 4.69) is 4.90 Å². The number of rotatable bonds is 2. The largest absolute Gasteiger partial charge is 0.391 e. The molecule has 0 saturated carbocycles. The maximum absolute atomic E-state index is 12.5. The lowest BCUT2D eigenvalue weighted by Gasteiger charge is -2.45. The van der Waals surface area contributed by atoms with E-state index in [1.54, 1.807) is 13.8 Å². The number of carbonyl (C=O) groups excluding carboxylic acids is 2. The molecule has 2 amide bonds. The Labute approximate surface area is 119 Å². The van der Waals surface area contributed by atoms with E-state index in [-0.39, 0.29) is 23.2 Å². The Kier molecular flexibility index (Phi) is 3.43.